The van der Waals surface area contributed by atoms with Gasteiger partial charge >= 0.3 is 0 Å². The molecule has 0 amide bonds. The first-order chi connectivity index (χ1) is 6.12. The molecule has 0 unspecified atom stereocenters. The molecule has 0 aliphatic carbocycles. The summed E-state index contributed by atoms with van der Waals surface area (Å²) in [5.74, 6) is 0. The van der Waals surface area contributed by atoms with Gasteiger partial charge in [0.2, 0.25) is 0 Å². The number of rotatable bonds is 8. The van der Waals surface area contributed by atoms with Crippen molar-refractivity contribution in [1.29, 1.82) is 0 Å². The van der Waals surface area contributed by atoms with Gasteiger partial charge in [-0.05, 0) is 18.3 Å². The summed E-state index contributed by atoms with van der Waals surface area (Å²) < 4.78 is 0. The molecule has 1 N–H and O–H groups in total. The molecule has 0 aliphatic rings. The fourth-order valence-corrected chi connectivity index (χ4v) is 1.42. The quantitative estimate of drug-likeness (QED) is 0.572. The smallest absolute Gasteiger partial charge is 0.0431 e. The van der Waals surface area contributed by atoms with Crippen LogP contribution >= 0.6 is 0 Å². The van der Waals surface area contributed by atoms with Gasteiger partial charge in [-0.2, -0.15) is 0 Å². The summed E-state index contributed by atoms with van der Waals surface area (Å²) in [7, 11) is 0. The maximum Gasteiger partial charge on any atom is 0.0431 e. The maximum atomic E-state index is 8.59. The summed E-state index contributed by atoms with van der Waals surface area (Å²) in [5.41, 5.74) is 0.539. The molecule has 0 aromatic carbocycles. The SMILES string of the molecule is CCC(C)(C)CCCCCCCO. The van der Waals surface area contributed by atoms with Gasteiger partial charge in [-0.1, -0.05) is 52.9 Å². The molecule has 0 spiro atoms. The minimum atomic E-state index is 0.362. The lowest BCUT2D eigenvalue weighted by atomic mass is 9.84. The first-order valence-electron chi connectivity index (χ1n) is 5.73. The molecule has 0 aromatic rings. The van der Waals surface area contributed by atoms with E-state index in [1.807, 2.05) is 0 Å². The van der Waals surface area contributed by atoms with Crippen molar-refractivity contribution in [1.82, 2.24) is 0 Å². The van der Waals surface area contributed by atoms with Gasteiger partial charge < -0.3 is 5.11 Å². The van der Waals surface area contributed by atoms with Gasteiger partial charge in [0.15, 0.2) is 0 Å². The van der Waals surface area contributed by atoms with Gasteiger partial charge in [0.1, 0.15) is 0 Å². The highest BCUT2D eigenvalue weighted by molar-refractivity contribution is 4.65. The standard InChI is InChI=1S/C12H26O/c1-4-12(2,3)10-8-6-5-7-9-11-13/h13H,4-11H2,1-3H3. The third kappa shape index (κ3) is 8.29. The fourth-order valence-electron chi connectivity index (χ4n) is 1.42. The highest BCUT2D eigenvalue weighted by atomic mass is 16.2. The predicted molar refractivity (Wildman–Crippen MR) is 58.9 cm³/mol. The minimum Gasteiger partial charge on any atom is -0.396 e. The van der Waals surface area contributed by atoms with E-state index in [-0.39, 0.29) is 0 Å². The first-order valence-corrected chi connectivity index (χ1v) is 5.73. The number of hydrogen-bond acceptors (Lipinski definition) is 1. The van der Waals surface area contributed by atoms with Crippen LogP contribution in [-0.4, -0.2) is 11.7 Å². The van der Waals surface area contributed by atoms with E-state index >= 15 is 0 Å². The lowest BCUT2D eigenvalue weighted by molar-refractivity contribution is 0.278. The average molecular weight is 186 g/mol. The van der Waals surface area contributed by atoms with E-state index in [1.54, 1.807) is 0 Å². The van der Waals surface area contributed by atoms with Crippen LogP contribution in [0.15, 0.2) is 0 Å². The molecular weight excluding hydrogens is 160 g/mol. The highest BCUT2D eigenvalue weighted by Crippen LogP contribution is 2.27. The van der Waals surface area contributed by atoms with Gasteiger partial charge in [0.25, 0.3) is 0 Å². The van der Waals surface area contributed by atoms with Crippen molar-refractivity contribution in [2.75, 3.05) is 6.61 Å². The molecule has 0 aromatic heterocycles. The summed E-state index contributed by atoms with van der Waals surface area (Å²) in [6, 6.07) is 0. The largest absolute Gasteiger partial charge is 0.396 e. The number of aliphatic hydroxyl groups excluding tert-OH is 1. The van der Waals surface area contributed by atoms with Gasteiger partial charge in [0.05, 0.1) is 0 Å². The van der Waals surface area contributed by atoms with E-state index in [4.69, 9.17) is 5.11 Å². The van der Waals surface area contributed by atoms with E-state index in [0.717, 1.165) is 6.42 Å². The molecule has 80 valence electrons. The average Bonchev–Trinajstić information content (AvgIpc) is 2.11. The van der Waals surface area contributed by atoms with Crippen LogP contribution in [0, 0.1) is 5.41 Å². The Morgan fingerprint density at radius 1 is 0.923 bits per heavy atom. The molecule has 0 saturated carbocycles. The van der Waals surface area contributed by atoms with Gasteiger partial charge in [-0.3, -0.25) is 0 Å². The topological polar surface area (TPSA) is 20.2 Å². The number of hydrogen-bond donors (Lipinski definition) is 1. The molecule has 0 atom stereocenters. The molecule has 0 rings (SSSR count). The van der Waals surface area contributed by atoms with Crippen molar-refractivity contribution in [3.63, 3.8) is 0 Å². The Balaban J connectivity index is 3.16. The molecule has 0 saturated heterocycles. The molecular formula is C12H26O. The van der Waals surface area contributed by atoms with Crippen LogP contribution in [-0.2, 0) is 0 Å². The highest BCUT2D eigenvalue weighted by Gasteiger charge is 2.13. The zero-order chi connectivity index (χ0) is 10.2. The molecule has 0 fully saturated rings. The lowest BCUT2D eigenvalue weighted by Crippen LogP contribution is -2.08. The monoisotopic (exact) mass is 186 g/mol. The Morgan fingerprint density at radius 2 is 1.46 bits per heavy atom. The van der Waals surface area contributed by atoms with Gasteiger partial charge in [-0.25, -0.2) is 0 Å². The Hall–Kier alpha value is -0.0400. The number of unbranched alkanes of at least 4 members (excludes halogenated alkanes) is 4. The van der Waals surface area contributed by atoms with Crippen LogP contribution in [0.2, 0.25) is 0 Å². The maximum absolute atomic E-state index is 8.59. The van der Waals surface area contributed by atoms with E-state index in [2.05, 4.69) is 20.8 Å². The Kier molecular flexibility index (Phi) is 7.35. The summed E-state index contributed by atoms with van der Waals surface area (Å²) in [6.45, 7) is 7.33. The molecule has 0 radical (unpaired) electrons. The summed E-state index contributed by atoms with van der Waals surface area (Å²) in [6.07, 6.45) is 8.79. The molecule has 1 heteroatoms. The van der Waals surface area contributed by atoms with E-state index in [9.17, 15) is 0 Å². The molecule has 0 bridgehead atoms. The first kappa shape index (κ1) is 13.0. The summed E-state index contributed by atoms with van der Waals surface area (Å²) in [4.78, 5) is 0. The second-order valence-electron chi connectivity index (χ2n) is 4.76. The van der Waals surface area contributed by atoms with Crippen molar-refractivity contribution in [3.05, 3.63) is 0 Å². The Bertz CT molecular complexity index is 108. The van der Waals surface area contributed by atoms with Crippen LogP contribution < -0.4 is 0 Å². The van der Waals surface area contributed by atoms with Crippen molar-refractivity contribution in [3.8, 4) is 0 Å². The van der Waals surface area contributed by atoms with Crippen molar-refractivity contribution in [2.24, 2.45) is 5.41 Å². The molecule has 1 nitrogen and oxygen atoms in total. The zero-order valence-electron chi connectivity index (χ0n) is 9.60. The molecule has 13 heavy (non-hydrogen) atoms. The molecule has 0 aliphatic heterocycles. The predicted octanol–water partition coefficient (Wildman–Crippen LogP) is 3.76. The van der Waals surface area contributed by atoms with Crippen molar-refractivity contribution >= 4 is 0 Å². The minimum absolute atomic E-state index is 0.362. The number of aliphatic hydroxyl groups is 1. The Labute approximate surface area is 83.5 Å². The second-order valence-corrected chi connectivity index (χ2v) is 4.76. The zero-order valence-corrected chi connectivity index (χ0v) is 9.60. The van der Waals surface area contributed by atoms with Gasteiger partial charge in [0, 0.05) is 6.61 Å². The summed E-state index contributed by atoms with van der Waals surface area (Å²) in [5, 5.41) is 8.59. The lowest BCUT2D eigenvalue weighted by Gasteiger charge is -2.22. The van der Waals surface area contributed by atoms with Crippen LogP contribution in [0.25, 0.3) is 0 Å². The Morgan fingerprint density at radius 3 is 2.00 bits per heavy atom. The third-order valence-corrected chi connectivity index (χ3v) is 2.97. The van der Waals surface area contributed by atoms with E-state index in [0.29, 0.717) is 12.0 Å². The van der Waals surface area contributed by atoms with Crippen LogP contribution in [0.5, 0.6) is 0 Å². The summed E-state index contributed by atoms with van der Waals surface area (Å²) >= 11 is 0. The van der Waals surface area contributed by atoms with Gasteiger partial charge in [-0.15, -0.1) is 0 Å². The van der Waals surface area contributed by atoms with Crippen LogP contribution in [0.1, 0.15) is 65.7 Å². The fraction of sp³-hybridized carbons (Fsp3) is 1.00. The van der Waals surface area contributed by atoms with E-state index in [1.165, 1.54) is 38.5 Å². The van der Waals surface area contributed by atoms with Crippen molar-refractivity contribution < 1.29 is 5.11 Å². The van der Waals surface area contributed by atoms with Crippen molar-refractivity contribution in [2.45, 2.75) is 65.7 Å². The third-order valence-electron chi connectivity index (χ3n) is 2.97. The van der Waals surface area contributed by atoms with Crippen LogP contribution in [0.3, 0.4) is 0 Å². The molecule has 0 heterocycles. The van der Waals surface area contributed by atoms with E-state index < -0.39 is 0 Å². The normalized spacial score (nSPS) is 12.0. The van der Waals surface area contributed by atoms with Crippen LogP contribution in [0.4, 0.5) is 0 Å². The second kappa shape index (κ2) is 7.37.